The Bertz CT molecular complexity index is 550. The molecule has 104 valence electrons. The van der Waals surface area contributed by atoms with Gasteiger partial charge in [-0.25, -0.2) is 4.79 Å². The zero-order valence-electron chi connectivity index (χ0n) is 11.2. The maximum absolute atomic E-state index is 11.6. The molecule has 4 nitrogen and oxygen atoms in total. The third-order valence-electron chi connectivity index (χ3n) is 2.85. The molecular formula is C16H17NO3. The lowest BCUT2D eigenvalue weighted by molar-refractivity contribution is 0.155. The highest BCUT2D eigenvalue weighted by molar-refractivity contribution is 5.84. The number of hydrogen-bond donors (Lipinski definition) is 2. The maximum Gasteiger partial charge on any atom is 0.411 e. The van der Waals surface area contributed by atoms with Crippen molar-refractivity contribution < 1.29 is 14.6 Å². The number of rotatable bonds is 4. The summed E-state index contributed by atoms with van der Waals surface area (Å²) in [5.74, 6) is 0. The molecule has 1 amide bonds. The molecule has 0 aromatic heterocycles. The molecule has 0 fully saturated rings. The van der Waals surface area contributed by atoms with Gasteiger partial charge in [0.1, 0.15) is 6.61 Å². The van der Waals surface area contributed by atoms with E-state index in [2.05, 4.69) is 5.32 Å². The Labute approximate surface area is 118 Å². The molecule has 20 heavy (non-hydrogen) atoms. The zero-order chi connectivity index (χ0) is 14.4. The fourth-order valence-corrected chi connectivity index (χ4v) is 1.72. The van der Waals surface area contributed by atoms with E-state index in [1.807, 2.05) is 30.3 Å². The second kappa shape index (κ2) is 6.73. The van der Waals surface area contributed by atoms with Crippen LogP contribution in [0.15, 0.2) is 54.6 Å². The number of hydrogen-bond acceptors (Lipinski definition) is 3. The molecule has 0 heterocycles. The molecule has 0 aliphatic rings. The van der Waals surface area contributed by atoms with E-state index in [4.69, 9.17) is 4.74 Å². The SMILES string of the molecule is C[C@@H](O)c1ccc(NC(=O)OCc2ccccc2)cc1. The number of benzene rings is 2. The lowest BCUT2D eigenvalue weighted by Crippen LogP contribution is -2.13. The third kappa shape index (κ3) is 4.10. The van der Waals surface area contributed by atoms with E-state index < -0.39 is 12.2 Å². The second-order valence-corrected chi connectivity index (χ2v) is 4.48. The van der Waals surface area contributed by atoms with Gasteiger partial charge in [0.25, 0.3) is 0 Å². The third-order valence-corrected chi connectivity index (χ3v) is 2.85. The van der Waals surface area contributed by atoms with Crippen molar-refractivity contribution in [2.75, 3.05) is 5.32 Å². The molecule has 0 saturated heterocycles. The Morgan fingerprint density at radius 3 is 2.40 bits per heavy atom. The fraction of sp³-hybridized carbons (Fsp3) is 0.188. The number of carbonyl (C=O) groups excluding carboxylic acids is 1. The van der Waals surface area contributed by atoms with Gasteiger partial charge in [-0.15, -0.1) is 0 Å². The summed E-state index contributed by atoms with van der Waals surface area (Å²) in [6.45, 7) is 1.93. The van der Waals surface area contributed by atoms with Crippen LogP contribution in [0.3, 0.4) is 0 Å². The van der Waals surface area contributed by atoms with Crippen LogP contribution in [0.4, 0.5) is 10.5 Å². The molecule has 0 radical (unpaired) electrons. The lowest BCUT2D eigenvalue weighted by Gasteiger charge is -2.09. The predicted molar refractivity (Wildman–Crippen MR) is 77.3 cm³/mol. The van der Waals surface area contributed by atoms with Crippen molar-refractivity contribution in [3.05, 3.63) is 65.7 Å². The monoisotopic (exact) mass is 271 g/mol. The van der Waals surface area contributed by atoms with Gasteiger partial charge in [-0.3, -0.25) is 5.32 Å². The number of aliphatic hydroxyl groups excluding tert-OH is 1. The van der Waals surface area contributed by atoms with Crippen LogP contribution >= 0.6 is 0 Å². The van der Waals surface area contributed by atoms with Crippen molar-refractivity contribution in [3.8, 4) is 0 Å². The van der Waals surface area contributed by atoms with Crippen molar-refractivity contribution in [2.24, 2.45) is 0 Å². The molecule has 2 rings (SSSR count). The van der Waals surface area contributed by atoms with Gasteiger partial charge in [0.15, 0.2) is 0 Å². The molecule has 0 bridgehead atoms. The van der Waals surface area contributed by atoms with Crippen LogP contribution < -0.4 is 5.32 Å². The average Bonchev–Trinajstić information content (AvgIpc) is 2.47. The summed E-state index contributed by atoms with van der Waals surface area (Å²) in [4.78, 5) is 11.6. The van der Waals surface area contributed by atoms with Gasteiger partial charge in [-0.2, -0.15) is 0 Å². The number of ether oxygens (including phenoxy) is 1. The largest absolute Gasteiger partial charge is 0.444 e. The number of amides is 1. The Balaban J connectivity index is 1.85. The van der Waals surface area contributed by atoms with Crippen LogP contribution in [0.1, 0.15) is 24.2 Å². The topological polar surface area (TPSA) is 58.6 Å². The molecule has 1 atom stereocenters. The second-order valence-electron chi connectivity index (χ2n) is 4.48. The van der Waals surface area contributed by atoms with E-state index in [0.717, 1.165) is 11.1 Å². The number of anilines is 1. The summed E-state index contributed by atoms with van der Waals surface area (Å²) in [6, 6.07) is 16.5. The highest BCUT2D eigenvalue weighted by Crippen LogP contribution is 2.15. The summed E-state index contributed by atoms with van der Waals surface area (Å²) in [6.07, 6.45) is -1.02. The molecule has 0 unspecified atom stereocenters. The van der Waals surface area contributed by atoms with Crippen LogP contribution in [0, 0.1) is 0 Å². The van der Waals surface area contributed by atoms with Crippen LogP contribution in [0.5, 0.6) is 0 Å². The Hall–Kier alpha value is -2.33. The van der Waals surface area contributed by atoms with Gasteiger partial charge in [0.2, 0.25) is 0 Å². The van der Waals surface area contributed by atoms with E-state index >= 15 is 0 Å². The number of carbonyl (C=O) groups is 1. The smallest absolute Gasteiger partial charge is 0.411 e. The van der Waals surface area contributed by atoms with E-state index in [-0.39, 0.29) is 6.61 Å². The minimum atomic E-state index is -0.519. The van der Waals surface area contributed by atoms with Gasteiger partial charge >= 0.3 is 6.09 Å². The van der Waals surface area contributed by atoms with E-state index in [1.165, 1.54) is 0 Å². The molecule has 2 aromatic carbocycles. The summed E-state index contributed by atoms with van der Waals surface area (Å²) in [5, 5.41) is 12.0. The minimum Gasteiger partial charge on any atom is -0.444 e. The molecule has 0 spiro atoms. The van der Waals surface area contributed by atoms with Gasteiger partial charge in [-0.1, -0.05) is 42.5 Å². The standard InChI is InChI=1S/C16H17NO3/c1-12(18)14-7-9-15(10-8-14)17-16(19)20-11-13-5-3-2-4-6-13/h2-10,12,18H,11H2,1H3,(H,17,19)/t12-/m1/s1. The van der Waals surface area contributed by atoms with Gasteiger partial charge in [0.05, 0.1) is 6.10 Å². The molecular weight excluding hydrogens is 254 g/mol. The van der Waals surface area contributed by atoms with Crippen LogP contribution in [0.2, 0.25) is 0 Å². The quantitative estimate of drug-likeness (QED) is 0.895. The first-order chi connectivity index (χ1) is 9.65. The van der Waals surface area contributed by atoms with Crippen LogP contribution in [0.25, 0.3) is 0 Å². The molecule has 2 N–H and O–H groups in total. The van der Waals surface area contributed by atoms with Gasteiger partial charge in [-0.05, 0) is 30.2 Å². The van der Waals surface area contributed by atoms with E-state index in [1.54, 1.807) is 31.2 Å². The highest BCUT2D eigenvalue weighted by Gasteiger charge is 2.05. The summed E-state index contributed by atoms with van der Waals surface area (Å²) >= 11 is 0. The first-order valence-corrected chi connectivity index (χ1v) is 6.41. The van der Waals surface area contributed by atoms with Crippen molar-refractivity contribution in [2.45, 2.75) is 19.6 Å². The van der Waals surface area contributed by atoms with Crippen molar-refractivity contribution in [1.82, 2.24) is 0 Å². The zero-order valence-corrected chi connectivity index (χ0v) is 11.2. The first-order valence-electron chi connectivity index (χ1n) is 6.41. The number of nitrogens with one attached hydrogen (secondary N) is 1. The van der Waals surface area contributed by atoms with E-state index in [0.29, 0.717) is 5.69 Å². The van der Waals surface area contributed by atoms with E-state index in [9.17, 15) is 9.90 Å². The minimum absolute atomic E-state index is 0.235. The van der Waals surface area contributed by atoms with Crippen molar-refractivity contribution in [1.29, 1.82) is 0 Å². The Morgan fingerprint density at radius 2 is 1.80 bits per heavy atom. The lowest BCUT2D eigenvalue weighted by atomic mass is 10.1. The van der Waals surface area contributed by atoms with Crippen LogP contribution in [-0.2, 0) is 11.3 Å². The highest BCUT2D eigenvalue weighted by atomic mass is 16.5. The first kappa shape index (κ1) is 14.1. The average molecular weight is 271 g/mol. The fourth-order valence-electron chi connectivity index (χ4n) is 1.72. The summed E-state index contributed by atoms with van der Waals surface area (Å²) in [7, 11) is 0. The molecule has 0 aliphatic carbocycles. The Morgan fingerprint density at radius 1 is 1.15 bits per heavy atom. The summed E-state index contributed by atoms with van der Waals surface area (Å²) < 4.78 is 5.11. The van der Waals surface area contributed by atoms with Crippen LogP contribution in [-0.4, -0.2) is 11.2 Å². The van der Waals surface area contributed by atoms with Gasteiger partial charge in [0, 0.05) is 5.69 Å². The Kier molecular flexibility index (Phi) is 4.74. The normalized spacial score (nSPS) is 11.7. The van der Waals surface area contributed by atoms with Crippen molar-refractivity contribution >= 4 is 11.8 Å². The van der Waals surface area contributed by atoms with Gasteiger partial charge < -0.3 is 9.84 Å². The molecule has 4 heteroatoms. The van der Waals surface area contributed by atoms with Crippen molar-refractivity contribution in [3.63, 3.8) is 0 Å². The predicted octanol–water partition coefficient (Wildman–Crippen LogP) is 3.49. The summed E-state index contributed by atoms with van der Waals surface area (Å²) in [5.41, 5.74) is 2.37. The number of aliphatic hydroxyl groups is 1. The maximum atomic E-state index is 11.6. The molecule has 0 saturated carbocycles. The molecule has 0 aliphatic heterocycles. The molecule has 2 aromatic rings.